The van der Waals surface area contributed by atoms with Crippen LogP contribution < -0.4 is 14.8 Å². The molecular weight excluding hydrogens is 330 g/mol. The average Bonchev–Trinajstić information content (AvgIpc) is 2.56. The summed E-state index contributed by atoms with van der Waals surface area (Å²) in [5.41, 5.74) is 1.12. The number of amides is 1. The van der Waals surface area contributed by atoms with Crippen molar-refractivity contribution in [2.45, 2.75) is 31.9 Å². The van der Waals surface area contributed by atoms with Crippen LogP contribution in [0.1, 0.15) is 35.2 Å². The Kier molecular flexibility index (Phi) is 5.15. The summed E-state index contributed by atoms with van der Waals surface area (Å²) in [5, 5.41) is 3.14. The quantitative estimate of drug-likeness (QED) is 0.869. The van der Waals surface area contributed by atoms with Gasteiger partial charge in [0.05, 0.1) is 12.1 Å². The molecular formula is C17H18ClN3O3. The van der Waals surface area contributed by atoms with E-state index in [-0.39, 0.29) is 23.5 Å². The zero-order valence-electron chi connectivity index (χ0n) is 13.3. The van der Waals surface area contributed by atoms with Crippen LogP contribution in [0.15, 0.2) is 30.6 Å². The maximum absolute atomic E-state index is 12.5. The maximum Gasteiger partial charge on any atom is 0.258 e. The molecule has 1 amide bonds. The number of aromatic nitrogens is 2. The molecule has 1 N–H and O–H groups in total. The van der Waals surface area contributed by atoms with E-state index >= 15 is 0 Å². The van der Waals surface area contributed by atoms with Gasteiger partial charge in [0.15, 0.2) is 0 Å². The van der Waals surface area contributed by atoms with Gasteiger partial charge in [-0.2, -0.15) is 0 Å². The molecule has 0 radical (unpaired) electrons. The highest BCUT2D eigenvalue weighted by Crippen LogP contribution is 2.29. The van der Waals surface area contributed by atoms with Gasteiger partial charge >= 0.3 is 0 Å². The largest absolute Gasteiger partial charge is 0.481 e. The second-order valence-electron chi connectivity index (χ2n) is 5.54. The highest BCUT2D eigenvalue weighted by molar-refractivity contribution is 6.34. The second-order valence-corrected chi connectivity index (χ2v) is 5.94. The normalized spacial score (nSPS) is 13.9. The lowest BCUT2D eigenvalue weighted by Gasteiger charge is -2.26. The predicted molar refractivity (Wildman–Crippen MR) is 89.5 cm³/mol. The van der Waals surface area contributed by atoms with Crippen molar-refractivity contribution in [2.75, 3.05) is 7.11 Å². The summed E-state index contributed by atoms with van der Waals surface area (Å²) in [6.07, 6.45) is 6.40. The van der Waals surface area contributed by atoms with Crippen molar-refractivity contribution in [1.29, 1.82) is 0 Å². The van der Waals surface area contributed by atoms with Crippen molar-refractivity contribution in [3.63, 3.8) is 0 Å². The van der Waals surface area contributed by atoms with Crippen LogP contribution in [0, 0.1) is 0 Å². The number of methoxy groups -OCH3 is 1. The smallest absolute Gasteiger partial charge is 0.258 e. The first-order valence-corrected chi connectivity index (χ1v) is 8.13. The van der Waals surface area contributed by atoms with E-state index in [0.717, 1.165) is 24.8 Å². The van der Waals surface area contributed by atoms with Crippen LogP contribution in [0.25, 0.3) is 0 Å². The SMILES string of the molecule is COc1ccc(CNC(=O)c2c(Cl)ccnc2OC2CCC2)cn1. The standard InChI is InChI=1S/C17H18ClN3O3/c1-23-14-6-5-11(9-20-14)10-21-16(22)15-13(18)7-8-19-17(15)24-12-3-2-4-12/h5-9,12H,2-4,10H2,1H3,(H,21,22). The molecule has 126 valence electrons. The van der Waals surface area contributed by atoms with Gasteiger partial charge < -0.3 is 14.8 Å². The number of rotatable bonds is 6. The number of hydrogen-bond acceptors (Lipinski definition) is 5. The minimum atomic E-state index is -0.321. The van der Waals surface area contributed by atoms with Gasteiger partial charge in [-0.3, -0.25) is 4.79 Å². The summed E-state index contributed by atoms with van der Waals surface area (Å²) in [5.74, 6) is 0.493. The zero-order chi connectivity index (χ0) is 16.9. The van der Waals surface area contributed by atoms with Crippen molar-refractivity contribution in [2.24, 2.45) is 0 Å². The molecule has 0 unspecified atom stereocenters. The molecule has 7 heteroatoms. The van der Waals surface area contributed by atoms with E-state index in [1.807, 2.05) is 6.07 Å². The molecule has 1 aliphatic carbocycles. The van der Waals surface area contributed by atoms with Crippen molar-refractivity contribution < 1.29 is 14.3 Å². The topological polar surface area (TPSA) is 73.3 Å². The fraction of sp³-hybridized carbons (Fsp3) is 0.353. The van der Waals surface area contributed by atoms with Crippen LogP contribution in [0.5, 0.6) is 11.8 Å². The van der Waals surface area contributed by atoms with Crippen LogP contribution >= 0.6 is 11.6 Å². The number of ether oxygens (including phenoxy) is 2. The van der Waals surface area contributed by atoms with Crippen molar-refractivity contribution >= 4 is 17.5 Å². The lowest BCUT2D eigenvalue weighted by molar-refractivity contribution is 0.0917. The third-order valence-electron chi connectivity index (χ3n) is 3.88. The Morgan fingerprint density at radius 3 is 2.79 bits per heavy atom. The highest BCUT2D eigenvalue weighted by Gasteiger charge is 2.24. The lowest BCUT2D eigenvalue weighted by atomic mass is 9.96. The second kappa shape index (κ2) is 7.49. The highest BCUT2D eigenvalue weighted by atomic mass is 35.5. The molecule has 3 rings (SSSR count). The zero-order valence-corrected chi connectivity index (χ0v) is 14.0. The molecule has 24 heavy (non-hydrogen) atoms. The minimum Gasteiger partial charge on any atom is -0.481 e. The molecule has 1 fully saturated rings. The van der Waals surface area contributed by atoms with E-state index < -0.39 is 0 Å². The van der Waals surface area contributed by atoms with Gasteiger partial charge in [0.2, 0.25) is 11.8 Å². The monoisotopic (exact) mass is 347 g/mol. The van der Waals surface area contributed by atoms with Crippen LogP contribution in [0.3, 0.4) is 0 Å². The molecule has 0 atom stereocenters. The van der Waals surface area contributed by atoms with E-state index in [2.05, 4.69) is 15.3 Å². The van der Waals surface area contributed by atoms with Gasteiger partial charge in [0.1, 0.15) is 11.7 Å². The number of nitrogens with one attached hydrogen (secondary N) is 1. The molecule has 1 saturated carbocycles. The number of pyridine rings is 2. The van der Waals surface area contributed by atoms with Crippen LogP contribution in [-0.2, 0) is 6.54 Å². The average molecular weight is 348 g/mol. The van der Waals surface area contributed by atoms with Crippen LogP contribution in [0.2, 0.25) is 5.02 Å². The van der Waals surface area contributed by atoms with Gasteiger partial charge in [-0.25, -0.2) is 9.97 Å². The number of carbonyl (C=O) groups is 1. The Morgan fingerprint density at radius 1 is 1.33 bits per heavy atom. The van der Waals surface area contributed by atoms with Gasteiger partial charge in [0.25, 0.3) is 5.91 Å². The number of carbonyl (C=O) groups excluding carboxylic acids is 1. The van der Waals surface area contributed by atoms with E-state index in [4.69, 9.17) is 21.1 Å². The molecule has 2 aromatic heterocycles. The van der Waals surface area contributed by atoms with E-state index in [1.54, 1.807) is 31.6 Å². The fourth-order valence-corrected chi connectivity index (χ4v) is 2.49. The molecule has 0 bridgehead atoms. The molecule has 2 aromatic rings. The molecule has 1 aliphatic rings. The summed E-state index contributed by atoms with van der Waals surface area (Å²) in [6.45, 7) is 0.323. The Morgan fingerprint density at radius 2 is 2.17 bits per heavy atom. The van der Waals surface area contributed by atoms with Crippen LogP contribution in [0.4, 0.5) is 0 Å². The maximum atomic E-state index is 12.5. The first kappa shape index (κ1) is 16.5. The molecule has 0 saturated heterocycles. The van der Waals surface area contributed by atoms with Crippen LogP contribution in [-0.4, -0.2) is 29.1 Å². The van der Waals surface area contributed by atoms with Crippen molar-refractivity contribution in [3.05, 3.63) is 46.7 Å². The van der Waals surface area contributed by atoms with E-state index in [1.165, 1.54) is 0 Å². The Labute approximate surface area is 145 Å². The Hall–Kier alpha value is -2.34. The molecule has 0 spiro atoms. The van der Waals surface area contributed by atoms with Gasteiger partial charge in [-0.15, -0.1) is 0 Å². The van der Waals surface area contributed by atoms with Crippen molar-refractivity contribution in [3.8, 4) is 11.8 Å². The lowest BCUT2D eigenvalue weighted by Crippen LogP contribution is -2.28. The third kappa shape index (κ3) is 3.76. The predicted octanol–water partition coefficient (Wildman–Crippen LogP) is 3.00. The Bertz CT molecular complexity index is 718. The molecule has 0 aromatic carbocycles. The van der Waals surface area contributed by atoms with Gasteiger partial charge in [0, 0.05) is 25.0 Å². The number of hydrogen-bond donors (Lipinski definition) is 1. The molecule has 6 nitrogen and oxygen atoms in total. The Balaban J connectivity index is 1.69. The van der Waals surface area contributed by atoms with Gasteiger partial charge in [-0.1, -0.05) is 17.7 Å². The molecule has 0 aliphatic heterocycles. The summed E-state index contributed by atoms with van der Waals surface area (Å²) in [6, 6.07) is 5.16. The number of nitrogens with zero attached hydrogens (tertiary/aromatic N) is 2. The van der Waals surface area contributed by atoms with Crippen molar-refractivity contribution in [1.82, 2.24) is 15.3 Å². The molecule has 2 heterocycles. The summed E-state index contributed by atoms with van der Waals surface area (Å²) >= 11 is 6.18. The minimum absolute atomic E-state index is 0.119. The third-order valence-corrected chi connectivity index (χ3v) is 4.20. The number of halogens is 1. The van der Waals surface area contributed by atoms with Gasteiger partial charge in [-0.05, 0) is 30.9 Å². The van der Waals surface area contributed by atoms with E-state index in [0.29, 0.717) is 17.4 Å². The summed E-state index contributed by atoms with van der Waals surface area (Å²) in [4.78, 5) is 20.8. The summed E-state index contributed by atoms with van der Waals surface area (Å²) < 4.78 is 10.8. The first-order chi connectivity index (χ1) is 11.7. The fourth-order valence-electron chi connectivity index (χ4n) is 2.27. The van der Waals surface area contributed by atoms with E-state index in [9.17, 15) is 4.79 Å². The summed E-state index contributed by atoms with van der Waals surface area (Å²) in [7, 11) is 1.55. The first-order valence-electron chi connectivity index (χ1n) is 7.75.